The number of halogens is 1. The first kappa shape index (κ1) is 13.3. The van der Waals surface area contributed by atoms with Crippen molar-refractivity contribution in [1.82, 2.24) is 0 Å². The molecular weight excluding hydrogens is 320 g/mol. The second-order valence-electron chi connectivity index (χ2n) is 5.49. The number of aliphatic imine (C=N–C) groups is 1. The van der Waals surface area contributed by atoms with Crippen molar-refractivity contribution in [2.45, 2.75) is 24.8 Å². The third-order valence-electron chi connectivity index (χ3n) is 4.12. The third kappa shape index (κ3) is 2.36. The van der Waals surface area contributed by atoms with Crippen molar-refractivity contribution in [1.29, 1.82) is 0 Å². The predicted molar refractivity (Wildman–Crippen MR) is 86.6 cm³/mol. The summed E-state index contributed by atoms with van der Waals surface area (Å²) in [4.78, 5) is 4.71. The Balaban J connectivity index is 1.89. The Morgan fingerprint density at radius 1 is 1.53 bits per heavy atom. The fraction of sp³-hybridized carbons (Fsp3) is 0.400. The van der Waals surface area contributed by atoms with Crippen LogP contribution in [0.15, 0.2) is 45.9 Å². The SMILES string of the molecule is C=C1[C@@H]([C@]2(C)CCSC(N)=N2)[C@@H]1c1cccc(Br)c1. The summed E-state index contributed by atoms with van der Waals surface area (Å²) in [6.45, 7) is 6.46. The zero-order valence-corrected chi connectivity index (χ0v) is 13.3. The lowest BCUT2D eigenvalue weighted by Gasteiger charge is -2.29. The average Bonchev–Trinajstić information content (AvgIpc) is 3.01. The molecule has 0 radical (unpaired) electrons. The minimum absolute atomic E-state index is 0.0700. The lowest BCUT2D eigenvalue weighted by molar-refractivity contribution is 0.401. The van der Waals surface area contributed by atoms with Crippen molar-refractivity contribution in [3.05, 3.63) is 46.5 Å². The summed E-state index contributed by atoms with van der Waals surface area (Å²) in [5.74, 6) is 1.92. The van der Waals surface area contributed by atoms with Gasteiger partial charge in [0.1, 0.15) is 0 Å². The number of hydrogen-bond donors (Lipinski definition) is 1. The van der Waals surface area contributed by atoms with Gasteiger partial charge in [-0.2, -0.15) is 0 Å². The van der Waals surface area contributed by atoms with Crippen molar-refractivity contribution in [3.8, 4) is 0 Å². The highest BCUT2D eigenvalue weighted by Gasteiger charge is 2.55. The molecule has 3 rings (SSSR count). The van der Waals surface area contributed by atoms with Gasteiger partial charge in [0.15, 0.2) is 5.17 Å². The molecule has 0 spiro atoms. The van der Waals surface area contributed by atoms with Crippen molar-refractivity contribution >= 4 is 32.9 Å². The zero-order chi connectivity index (χ0) is 13.6. The van der Waals surface area contributed by atoms with Gasteiger partial charge < -0.3 is 5.73 Å². The normalized spacial score (nSPS) is 34.0. The lowest BCUT2D eigenvalue weighted by atomic mass is 9.90. The Hall–Kier alpha value is -0.740. The molecule has 19 heavy (non-hydrogen) atoms. The Kier molecular flexibility index (Phi) is 3.26. The van der Waals surface area contributed by atoms with Crippen molar-refractivity contribution < 1.29 is 0 Å². The molecule has 0 amide bonds. The van der Waals surface area contributed by atoms with E-state index >= 15 is 0 Å². The maximum atomic E-state index is 5.91. The van der Waals surface area contributed by atoms with Crippen LogP contribution in [0.4, 0.5) is 0 Å². The van der Waals surface area contributed by atoms with Crippen LogP contribution in [0.3, 0.4) is 0 Å². The van der Waals surface area contributed by atoms with Crippen LogP contribution in [-0.2, 0) is 0 Å². The van der Waals surface area contributed by atoms with Crippen LogP contribution in [0.1, 0.15) is 24.8 Å². The van der Waals surface area contributed by atoms with Gasteiger partial charge in [-0.05, 0) is 31.0 Å². The summed E-state index contributed by atoms with van der Waals surface area (Å²) in [6, 6.07) is 8.50. The summed E-state index contributed by atoms with van der Waals surface area (Å²) in [5, 5.41) is 0.724. The first-order valence-corrected chi connectivity index (χ1v) is 8.21. The molecule has 1 saturated carbocycles. The minimum atomic E-state index is -0.0700. The molecule has 1 heterocycles. The highest BCUT2D eigenvalue weighted by Crippen LogP contribution is 2.60. The molecule has 2 nitrogen and oxygen atoms in total. The van der Waals surface area contributed by atoms with Crippen LogP contribution in [0.2, 0.25) is 0 Å². The summed E-state index contributed by atoms with van der Waals surface area (Å²) in [7, 11) is 0. The largest absolute Gasteiger partial charge is 0.379 e. The van der Waals surface area contributed by atoms with E-state index < -0.39 is 0 Å². The molecular formula is C15H17BrN2S. The molecule has 1 aliphatic carbocycles. The van der Waals surface area contributed by atoms with Gasteiger partial charge in [0.25, 0.3) is 0 Å². The van der Waals surface area contributed by atoms with Crippen LogP contribution >= 0.6 is 27.7 Å². The van der Waals surface area contributed by atoms with E-state index in [9.17, 15) is 0 Å². The highest BCUT2D eigenvalue weighted by molar-refractivity contribution is 9.10. The van der Waals surface area contributed by atoms with Gasteiger partial charge in [0.2, 0.25) is 0 Å². The van der Waals surface area contributed by atoms with E-state index in [0.29, 0.717) is 11.8 Å². The maximum Gasteiger partial charge on any atom is 0.154 e. The van der Waals surface area contributed by atoms with E-state index in [0.717, 1.165) is 21.8 Å². The molecule has 100 valence electrons. The van der Waals surface area contributed by atoms with E-state index in [1.54, 1.807) is 11.8 Å². The maximum absolute atomic E-state index is 5.91. The van der Waals surface area contributed by atoms with Gasteiger partial charge in [-0.1, -0.05) is 52.0 Å². The number of nitrogens with two attached hydrogens (primary N) is 1. The van der Waals surface area contributed by atoms with Gasteiger partial charge in [-0.25, -0.2) is 0 Å². The topological polar surface area (TPSA) is 38.4 Å². The van der Waals surface area contributed by atoms with E-state index in [4.69, 9.17) is 10.7 Å². The molecule has 1 aromatic rings. The average molecular weight is 337 g/mol. The molecule has 0 bridgehead atoms. The number of nitrogens with zero attached hydrogens (tertiary/aromatic N) is 1. The van der Waals surface area contributed by atoms with Crippen molar-refractivity contribution in [2.75, 3.05) is 5.75 Å². The quantitative estimate of drug-likeness (QED) is 0.831. The summed E-state index contributed by atoms with van der Waals surface area (Å²) in [5.41, 5.74) is 8.46. The van der Waals surface area contributed by atoms with Crippen LogP contribution < -0.4 is 5.73 Å². The fourth-order valence-corrected chi connectivity index (χ4v) is 4.52. The Labute approximate surface area is 126 Å². The van der Waals surface area contributed by atoms with E-state index in [-0.39, 0.29) is 5.54 Å². The molecule has 1 fully saturated rings. The van der Waals surface area contributed by atoms with Gasteiger partial charge in [-0.3, -0.25) is 4.99 Å². The zero-order valence-electron chi connectivity index (χ0n) is 10.9. The van der Waals surface area contributed by atoms with Gasteiger partial charge in [-0.15, -0.1) is 0 Å². The molecule has 0 aromatic heterocycles. The number of thioether (sulfide) groups is 1. The van der Waals surface area contributed by atoms with Gasteiger partial charge in [0, 0.05) is 22.1 Å². The first-order valence-electron chi connectivity index (χ1n) is 6.43. The molecule has 0 unspecified atom stereocenters. The van der Waals surface area contributed by atoms with E-state index in [1.165, 1.54) is 11.1 Å². The second-order valence-corrected chi connectivity index (χ2v) is 7.52. The monoisotopic (exact) mass is 336 g/mol. The Morgan fingerprint density at radius 2 is 2.32 bits per heavy atom. The lowest BCUT2D eigenvalue weighted by Crippen LogP contribution is -2.33. The predicted octanol–water partition coefficient (Wildman–Crippen LogP) is 3.93. The second kappa shape index (κ2) is 4.67. The standard InChI is InChI=1S/C15H17BrN2S/c1-9-12(10-4-3-5-11(16)8-10)13(9)15(2)6-7-19-14(17)18-15/h3-5,8,12-13H,1,6-7H2,2H3,(H2,17,18)/t12-,13+,15-/m0/s1. The number of amidine groups is 1. The Morgan fingerprint density at radius 3 is 3.00 bits per heavy atom. The van der Waals surface area contributed by atoms with E-state index in [2.05, 4.69) is 53.7 Å². The third-order valence-corrected chi connectivity index (χ3v) is 5.41. The molecule has 1 aliphatic heterocycles. The van der Waals surface area contributed by atoms with Crippen molar-refractivity contribution in [2.24, 2.45) is 16.6 Å². The molecule has 1 aromatic carbocycles. The summed E-state index contributed by atoms with van der Waals surface area (Å²) >= 11 is 5.19. The number of rotatable bonds is 2. The smallest absolute Gasteiger partial charge is 0.154 e. The molecule has 3 atom stereocenters. The van der Waals surface area contributed by atoms with Crippen molar-refractivity contribution in [3.63, 3.8) is 0 Å². The Bertz CT molecular complexity index is 569. The molecule has 0 saturated heterocycles. The van der Waals surface area contributed by atoms with Crippen LogP contribution in [0.25, 0.3) is 0 Å². The first-order chi connectivity index (χ1) is 9.01. The van der Waals surface area contributed by atoms with Crippen LogP contribution in [0.5, 0.6) is 0 Å². The number of hydrogen-bond acceptors (Lipinski definition) is 3. The summed E-state index contributed by atoms with van der Waals surface area (Å²) < 4.78 is 1.12. The van der Waals surface area contributed by atoms with Crippen LogP contribution in [0, 0.1) is 5.92 Å². The number of benzene rings is 1. The molecule has 2 aliphatic rings. The molecule has 4 heteroatoms. The van der Waals surface area contributed by atoms with Gasteiger partial charge >= 0.3 is 0 Å². The van der Waals surface area contributed by atoms with E-state index in [1.807, 2.05) is 0 Å². The summed E-state index contributed by atoms with van der Waals surface area (Å²) in [6.07, 6.45) is 1.08. The minimum Gasteiger partial charge on any atom is -0.379 e. The molecule has 2 N–H and O–H groups in total. The highest BCUT2D eigenvalue weighted by atomic mass is 79.9. The van der Waals surface area contributed by atoms with Gasteiger partial charge in [0.05, 0.1) is 5.54 Å². The van der Waals surface area contributed by atoms with Crippen LogP contribution in [-0.4, -0.2) is 16.5 Å². The fourth-order valence-electron chi connectivity index (χ4n) is 3.11.